The van der Waals surface area contributed by atoms with Gasteiger partial charge in [-0.2, -0.15) is 0 Å². The van der Waals surface area contributed by atoms with Crippen LogP contribution in [0.5, 0.6) is 0 Å². The molecular weight excluding hydrogens is 324 g/mol. The van der Waals surface area contributed by atoms with Crippen LogP contribution in [0.2, 0.25) is 0 Å². The number of hydrogen-bond acceptors (Lipinski definition) is 4. The first kappa shape index (κ1) is 19.1. The van der Waals surface area contributed by atoms with Gasteiger partial charge in [-0.25, -0.2) is 4.98 Å². The average molecular weight is 357 g/mol. The molecule has 1 atom stereocenters. The maximum Gasteiger partial charge on any atom is 0.0945 e. The van der Waals surface area contributed by atoms with Crippen LogP contribution < -0.4 is 0 Å². The van der Waals surface area contributed by atoms with Crippen LogP contribution in [0.25, 0.3) is 0 Å². The number of pyridine rings is 1. The molecule has 0 spiro atoms. The summed E-state index contributed by atoms with van der Waals surface area (Å²) in [5.41, 5.74) is 2.53. The second kappa shape index (κ2) is 7.89. The smallest absolute Gasteiger partial charge is 0.0945 e. The highest BCUT2D eigenvalue weighted by molar-refractivity contribution is 5.22. The first-order valence-corrected chi connectivity index (χ1v) is 9.67. The van der Waals surface area contributed by atoms with Crippen molar-refractivity contribution in [2.24, 2.45) is 5.41 Å². The minimum absolute atomic E-state index is 0.0241. The van der Waals surface area contributed by atoms with Crippen molar-refractivity contribution in [3.8, 4) is 0 Å². The number of aryl methyl sites for hydroxylation is 2. The molecule has 0 bridgehead atoms. The molecular formula is C21H32N4O. The second-order valence-corrected chi connectivity index (χ2v) is 8.11. The summed E-state index contributed by atoms with van der Waals surface area (Å²) in [5, 5.41) is 0. The van der Waals surface area contributed by atoms with Gasteiger partial charge in [0.15, 0.2) is 0 Å². The Bertz CT molecular complexity index is 681. The van der Waals surface area contributed by atoms with Crippen molar-refractivity contribution in [3.05, 3.63) is 48.3 Å². The lowest BCUT2D eigenvalue weighted by atomic mass is 9.84. The molecule has 0 unspecified atom stereocenters. The highest BCUT2D eigenvalue weighted by Gasteiger charge is 2.43. The summed E-state index contributed by atoms with van der Waals surface area (Å²) in [5.74, 6) is 0. The number of hydrogen-bond donors (Lipinski definition) is 0. The molecule has 2 aromatic heterocycles. The predicted molar refractivity (Wildman–Crippen MR) is 104 cm³/mol. The molecule has 142 valence electrons. The van der Waals surface area contributed by atoms with E-state index in [2.05, 4.69) is 52.3 Å². The van der Waals surface area contributed by atoms with Crippen LogP contribution in [0.15, 0.2) is 37.1 Å². The monoisotopic (exact) mass is 356 g/mol. The summed E-state index contributed by atoms with van der Waals surface area (Å²) in [6.07, 6.45) is 10.1. The van der Waals surface area contributed by atoms with E-state index in [0.717, 1.165) is 45.0 Å². The molecule has 1 aliphatic heterocycles. The quantitative estimate of drug-likeness (QED) is 0.724. The summed E-state index contributed by atoms with van der Waals surface area (Å²) >= 11 is 0. The van der Waals surface area contributed by atoms with E-state index in [1.807, 2.05) is 31.8 Å². The molecule has 26 heavy (non-hydrogen) atoms. The molecule has 1 aliphatic rings. The van der Waals surface area contributed by atoms with Crippen molar-refractivity contribution in [3.63, 3.8) is 0 Å². The molecule has 0 amide bonds. The molecule has 0 saturated carbocycles. The van der Waals surface area contributed by atoms with E-state index in [0.29, 0.717) is 0 Å². The third kappa shape index (κ3) is 4.15. The number of nitrogens with zero attached hydrogens (tertiary/aromatic N) is 4. The summed E-state index contributed by atoms with van der Waals surface area (Å²) in [6, 6.07) is 4.33. The molecule has 1 saturated heterocycles. The van der Waals surface area contributed by atoms with Gasteiger partial charge in [0.05, 0.1) is 12.9 Å². The summed E-state index contributed by atoms with van der Waals surface area (Å²) < 4.78 is 8.08. The van der Waals surface area contributed by atoms with Crippen molar-refractivity contribution in [2.75, 3.05) is 26.3 Å². The Morgan fingerprint density at radius 3 is 2.81 bits per heavy atom. The predicted octanol–water partition coefficient (Wildman–Crippen LogP) is 3.64. The first-order chi connectivity index (χ1) is 12.5. The number of likely N-dealkylation sites (tertiary alicyclic amines) is 1. The van der Waals surface area contributed by atoms with E-state index in [9.17, 15) is 0 Å². The van der Waals surface area contributed by atoms with Crippen LogP contribution in [-0.2, 0) is 16.8 Å². The largest absolute Gasteiger partial charge is 0.381 e. The molecule has 3 rings (SSSR count). The number of rotatable bonds is 8. The Balaban J connectivity index is 1.73. The van der Waals surface area contributed by atoms with Crippen LogP contribution in [-0.4, -0.2) is 45.7 Å². The molecule has 0 aliphatic carbocycles. The molecule has 2 aromatic rings. The standard InChI is InChI=1S/C21H32N4O/c1-5-26-16-21(8-11-24-13-10-22-17-24)9-12-25(15-21)20(3,4)19-7-6-18(2)23-14-19/h6-7,10,13-14,17H,5,8-9,11-12,15-16H2,1-4H3/t21-/m0/s1. The average Bonchev–Trinajstić information content (AvgIpc) is 3.29. The van der Waals surface area contributed by atoms with Gasteiger partial charge in [0.1, 0.15) is 0 Å². The van der Waals surface area contributed by atoms with Crippen LogP contribution >= 0.6 is 0 Å². The SMILES string of the molecule is CCOC[C@@]1(CCn2ccnc2)CCN(C(C)(C)c2ccc(C)nc2)C1. The maximum atomic E-state index is 5.91. The lowest BCUT2D eigenvalue weighted by Crippen LogP contribution is -2.42. The molecule has 0 aromatic carbocycles. The van der Waals surface area contributed by atoms with Crippen LogP contribution in [0.4, 0.5) is 0 Å². The summed E-state index contributed by atoms with van der Waals surface area (Å²) in [7, 11) is 0. The van der Waals surface area contributed by atoms with Gasteiger partial charge in [-0.05, 0) is 58.7 Å². The third-order valence-electron chi connectivity index (χ3n) is 5.92. The van der Waals surface area contributed by atoms with Crippen molar-refractivity contribution in [2.45, 2.75) is 52.6 Å². The molecule has 0 radical (unpaired) electrons. The van der Waals surface area contributed by atoms with Gasteiger partial charge in [0.2, 0.25) is 0 Å². The van der Waals surface area contributed by atoms with E-state index >= 15 is 0 Å². The van der Waals surface area contributed by atoms with E-state index in [4.69, 9.17) is 4.74 Å². The fourth-order valence-electron chi connectivity index (χ4n) is 3.92. The molecule has 5 nitrogen and oxygen atoms in total. The fraction of sp³-hybridized carbons (Fsp3) is 0.619. The Morgan fingerprint density at radius 2 is 2.15 bits per heavy atom. The van der Waals surface area contributed by atoms with E-state index < -0.39 is 0 Å². The Labute approximate surface area is 157 Å². The van der Waals surface area contributed by atoms with Crippen molar-refractivity contribution < 1.29 is 4.74 Å². The van der Waals surface area contributed by atoms with Gasteiger partial charge in [-0.15, -0.1) is 0 Å². The zero-order chi connectivity index (χ0) is 18.6. The fourth-order valence-corrected chi connectivity index (χ4v) is 3.92. The second-order valence-electron chi connectivity index (χ2n) is 8.11. The maximum absolute atomic E-state index is 5.91. The molecule has 5 heteroatoms. The molecule has 0 N–H and O–H groups in total. The summed E-state index contributed by atoms with van der Waals surface area (Å²) in [4.78, 5) is 11.3. The summed E-state index contributed by atoms with van der Waals surface area (Å²) in [6.45, 7) is 13.5. The number of imidazole rings is 1. The van der Waals surface area contributed by atoms with Crippen LogP contribution in [0.3, 0.4) is 0 Å². The highest BCUT2D eigenvalue weighted by Crippen LogP contribution is 2.41. The van der Waals surface area contributed by atoms with Crippen molar-refractivity contribution >= 4 is 0 Å². The normalized spacial score (nSPS) is 21.4. The van der Waals surface area contributed by atoms with Crippen LogP contribution in [0, 0.1) is 12.3 Å². The lowest BCUT2D eigenvalue weighted by Gasteiger charge is -2.38. The van der Waals surface area contributed by atoms with E-state index in [1.165, 1.54) is 12.0 Å². The van der Waals surface area contributed by atoms with Gasteiger partial charge < -0.3 is 9.30 Å². The lowest BCUT2D eigenvalue weighted by molar-refractivity contribution is 0.0359. The Morgan fingerprint density at radius 1 is 1.31 bits per heavy atom. The van der Waals surface area contributed by atoms with Crippen LogP contribution in [0.1, 0.15) is 44.9 Å². The molecule has 1 fully saturated rings. The topological polar surface area (TPSA) is 43.2 Å². The molecule has 3 heterocycles. The van der Waals surface area contributed by atoms with E-state index in [1.54, 1.807) is 0 Å². The Hall–Kier alpha value is -1.72. The van der Waals surface area contributed by atoms with Crippen molar-refractivity contribution in [1.82, 2.24) is 19.4 Å². The van der Waals surface area contributed by atoms with Crippen molar-refractivity contribution in [1.29, 1.82) is 0 Å². The zero-order valence-corrected chi connectivity index (χ0v) is 16.6. The highest BCUT2D eigenvalue weighted by atomic mass is 16.5. The zero-order valence-electron chi connectivity index (χ0n) is 16.6. The van der Waals surface area contributed by atoms with E-state index in [-0.39, 0.29) is 11.0 Å². The number of aromatic nitrogens is 3. The van der Waals surface area contributed by atoms with Gasteiger partial charge >= 0.3 is 0 Å². The number of ether oxygens (including phenoxy) is 1. The van der Waals surface area contributed by atoms with Gasteiger partial charge in [-0.3, -0.25) is 9.88 Å². The van der Waals surface area contributed by atoms with Gasteiger partial charge in [0.25, 0.3) is 0 Å². The third-order valence-corrected chi connectivity index (χ3v) is 5.92. The van der Waals surface area contributed by atoms with Gasteiger partial charge in [0, 0.05) is 54.9 Å². The Kier molecular flexibility index (Phi) is 5.78. The minimum Gasteiger partial charge on any atom is -0.381 e. The first-order valence-electron chi connectivity index (χ1n) is 9.67. The van der Waals surface area contributed by atoms with Gasteiger partial charge in [-0.1, -0.05) is 6.07 Å². The minimum atomic E-state index is -0.0241.